The Morgan fingerprint density at radius 2 is 2.04 bits per heavy atom. The molecule has 1 aliphatic heterocycles. The highest BCUT2D eigenvalue weighted by Gasteiger charge is 2.26. The summed E-state index contributed by atoms with van der Waals surface area (Å²) in [6, 6.07) is 3.79. The molecular weight excluding hydrogens is 350 g/mol. The summed E-state index contributed by atoms with van der Waals surface area (Å²) in [5.41, 5.74) is 9.85. The van der Waals surface area contributed by atoms with Crippen LogP contribution in [-0.4, -0.2) is 39.6 Å². The van der Waals surface area contributed by atoms with E-state index in [9.17, 15) is 4.79 Å². The number of aromatic nitrogens is 2. The summed E-state index contributed by atoms with van der Waals surface area (Å²) in [6.45, 7) is 7.31. The van der Waals surface area contributed by atoms with Gasteiger partial charge in [-0.2, -0.15) is 5.10 Å². The molecule has 28 heavy (non-hydrogen) atoms. The number of rotatable bonds is 6. The van der Waals surface area contributed by atoms with Gasteiger partial charge in [0.15, 0.2) is 0 Å². The number of pyridine rings is 1. The maximum atomic E-state index is 12.5. The number of amides is 1. The molecule has 0 bridgehead atoms. The largest absolute Gasteiger partial charge is 0.358 e. The molecule has 3 heterocycles. The molecule has 4 rings (SSSR count). The fourth-order valence-corrected chi connectivity index (χ4v) is 4.09. The quantitative estimate of drug-likeness (QED) is 0.760. The minimum absolute atomic E-state index is 0.166. The molecule has 0 radical (unpaired) electrons. The van der Waals surface area contributed by atoms with Gasteiger partial charge >= 0.3 is 0 Å². The Hall–Kier alpha value is -2.73. The lowest BCUT2D eigenvalue weighted by Gasteiger charge is -2.20. The summed E-state index contributed by atoms with van der Waals surface area (Å²) < 4.78 is 0. The van der Waals surface area contributed by atoms with Crippen molar-refractivity contribution in [3.05, 3.63) is 58.2 Å². The zero-order valence-electron chi connectivity index (χ0n) is 16.6. The maximum Gasteiger partial charge on any atom is 0.273 e. The zero-order valence-corrected chi connectivity index (χ0v) is 16.6. The molecule has 0 spiro atoms. The van der Waals surface area contributed by atoms with Gasteiger partial charge in [0.05, 0.1) is 5.57 Å². The third-order valence-corrected chi connectivity index (χ3v) is 5.71. The summed E-state index contributed by atoms with van der Waals surface area (Å²) in [6.07, 6.45) is 10.1. The van der Waals surface area contributed by atoms with Crippen molar-refractivity contribution in [1.29, 1.82) is 0 Å². The molecule has 6 heteroatoms. The van der Waals surface area contributed by atoms with Crippen molar-refractivity contribution in [1.82, 2.24) is 20.3 Å². The Morgan fingerprint density at radius 3 is 2.79 bits per heavy atom. The van der Waals surface area contributed by atoms with Crippen LogP contribution in [0.2, 0.25) is 0 Å². The van der Waals surface area contributed by atoms with Crippen molar-refractivity contribution >= 4 is 17.7 Å². The van der Waals surface area contributed by atoms with E-state index < -0.39 is 0 Å². The van der Waals surface area contributed by atoms with Crippen LogP contribution in [0.5, 0.6) is 0 Å². The highest BCUT2D eigenvalue weighted by Crippen LogP contribution is 2.30. The summed E-state index contributed by atoms with van der Waals surface area (Å²) in [5.74, 6) is -0.166. The molecular formula is C22H27N5O. The summed E-state index contributed by atoms with van der Waals surface area (Å²) in [4.78, 5) is 22.7. The molecule has 146 valence electrons. The van der Waals surface area contributed by atoms with Gasteiger partial charge in [-0.3, -0.25) is 14.7 Å². The standard InChI is InChI=1S/C22H27N5O/c1-3-27(4-2)14-18-16-9-5-6-10-19(16)24-20(18)12-17-21(25-26-22(17)28)15-8-7-11-23-13-15/h7-8,11-13,24H,3-6,9-10,14H2,1-2H3,(H,26,28). The molecule has 6 nitrogen and oxygen atoms in total. The molecule has 2 N–H and O–H groups in total. The van der Waals surface area contributed by atoms with Gasteiger partial charge < -0.3 is 4.98 Å². The predicted octanol–water partition coefficient (Wildman–Crippen LogP) is 3.05. The summed E-state index contributed by atoms with van der Waals surface area (Å²) in [5, 5.41) is 4.25. The van der Waals surface area contributed by atoms with E-state index in [0.717, 1.165) is 43.7 Å². The lowest BCUT2D eigenvalue weighted by molar-refractivity contribution is -0.116. The Kier molecular flexibility index (Phi) is 5.39. The van der Waals surface area contributed by atoms with Gasteiger partial charge in [0, 0.05) is 35.9 Å². The fraction of sp³-hybridized carbons (Fsp3) is 0.409. The molecule has 0 saturated heterocycles. The van der Waals surface area contributed by atoms with Gasteiger partial charge in [-0.1, -0.05) is 13.8 Å². The number of H-pyrrole nitrogens is 1. The van der Waals surface area contributed by atoms with Gasteiger partial charge in [0.1, 0.15) is 5.71 Å². The average Bonchev–Trinajstić information content (AvgIpc) is 3.27. The normalized spacial score (nSPS) is 17.8. The number of hydrogen-bond donors (Lipinski definition) is 2. The van der Waals surface area contributed by atoms with Crippen LogP contribution in [0.1, 0.15) is 54.8 Å². The van der Waals surface area contributed by atoms with Crippen molar-refractivity contribution < 1.29 is 4.79 Å². The van der Waals surface area contributed by atoms with Crippen molar-refractivity contribution in [3.8, 4) is 0 Å². The first-order valence-electron chi connectivity index (χ1n) is 10.2. The first kappa shape index (κ1) is 18.6. The third kappa shape index (κ3) is 3.52. The molecule has 2 aromatic heterocycles. The lowest BCUT2D eigenvalue weighted by atomic mass is 9.93. The van der Waals surface area contributed by atoms with Crippen LogP contribution >= 0.6 is 0 Å². The SMILES string of the molecule is CCN(CC)Cc1c(C=C2C(=O)NN=C2c2cccnc2)[nH]c2c1CCCC2. The van der Waals surface area contributed by atoms with Gasteiger partial charge in [0.25, 0.3) is 5.91 Å². The number of aryl methyl sites for hydroxylation is 1. The second-order valence-electron chi connectivity index (χ2n) is 7.34. The molecule has 0 unspecified atom stereocenters. The van der Waals surface area contributed by atoms with Gasteiger partial charge in [0.2, 0.25) is 0 Å². The highest BCUT2D eigenvalue weighted by molar-refractivity contribution is 6.33. The first-order chi connectivity index (χ1) is 13.7. The molecule has 2 aromatic rings. The molecule has 1 aliphatic carbocycles. The number of nitrogens with one attached hydrogen (secondary N) is 2. The molecule has 0 saturated carbocycles. The van der Waals surface area contributed by atoms with E-state index in [4.69, 9.17) is 0 Å². The molecule has 0 atom stereocenters. The number of aromatic amines is 1. The second kappa shape index (κ2) is 8.10. The van der Waals surface area contributed by atoms with Crippen LogP contribution in [0.3, 0.4) is 0 Å². The monoisotopic (exact) mass is 377 g/mol. The predicted molar refractivity (Wildman–Crippen MR) is 111 cm³/mol. The molecule has 1 amide bonds. The van der Waals surface area contributed by atoms with Crippen LogP contribution in [0.4, 0.5) is 0 Å². The minimum Gasteiger partial charge on any atom is -0.358 e. The number of fused-ring (bicyclic) bond motifs is 1. The summed E-state index contributed by atoms with van der Waals surface area (Å²) >= 11 is 0. The van der Waals surface area contributed by atoms with E-state index in [-0.39, 0.29) is 5.91 Å². The van der Waals surface area contributed by atoms with Crippen molar-refractivity contribution in [2.45, 2.75) is 46.1 Å². The molecule has 2 aliphatic rings. The first-order valence-corrected chi connectivity index (χ1v) is 10.2. The Balaban J connectivity index is 1.76. The van der Waals surface area contributed by atoms with Crippen LogP contribution in [0.15, 0.2) is 35.2 Å². The third-order valence-electron chi connectivity index (χ3n) is 5.71. The van der Waals surface area contributed by atoms with Crippen LogP contribution in [-0.2, 0) is 24.2 Å². The fourth-order valence-electron chi connectivity index (χ4n) is 4.09. The van der Waals surface area contributed by atoms with E-state index in [2.05, 4.69) is 39.2 Å². The Labute approximate surface area is 165 Å². The lowest BCUT2D eigenvalue weighted by Crippen LogP contribution is -2.23. The second-order valence-corrected chi connectivity index (χ2v) is 7.34. The zero-order chi connectivity index (χ0) is 19.5. The maximum absolute atomic E-state index is 12.5. The smallest absolute Gasteiger partial charge is 0.273 e. The van der Waals surface area contributed by atoms with Crippen LogP contribution in [0.25, 0.3) is 6.08 Å². The number of hydrazone groups is 1. The minimum atomic E-state index is -0.166. The van der Waals surface area contributed by atoms with E-state index in [1.54, 1.807) is 12.4 Å². The van der Waals surface area contributed by atoms with Crippen LogP contribution < -0.4 is 5.43 Å². The van der Waals surface area contributed by atoms with Crippen molar-refractivity contribution in [3.63, 3.8) is 0 Å². The number of hydrogen-bond acceptors (Lipinski definition) is 4. The van der Waals surface area contributed by atoms with Gasteiger partial charge in [-0.05, 0) is 68.1 Å². The van der Waals surface area contributed by atoms with Gasteiger partial charge in [-0.15, -0.1) is 0 Å². The Bertz CT molecular complexity index is 922. The topological polar surface area (TPSA) is 73.4 Å². The van der Waals surface area contributed by atoms with E-state index in [0.29, 0.717) is 11.3 Å². The molecule has 0 fully saturated rings. The summed E-state index contributed by atoms with van der Waals surface area (Å²) in [7, 11) is 0. The van der Waals surface area contributed by atoms with Crippen molar-refractivity contribution in [2.24, 2.45) is 5.10 Å². The molecule has 0 aromatic carbocycles. The van der Waals surface area contributed by atoms with Gasteiger partial charge in [-0.25, -0.2) is 5.43 Å². The number of nitrogens with zero attached hydrogens (tertiary/aromatic N) is 3. The van der Waals surface area contributed by atoms with E-state index in [1.165, 1.54) is 29.7 Å². The number of carbonyl (C=O) groups excluding carboxylic acids is 1. The van der Waals surface area contributed by atoms with E-state index in [1.807, 2.05) is 18.2 Å². The average molecular weight is 377 g/mol. The number of carbonyl (C=O) groups is 1. The van der Waals surface area contributed by atoms with Crippen molar-refractivity contribution in [2.75, 3.05) is 13.1 Å². The Morgan fingerprint density at radius 1 is 1.21 bits per heavy atom. The van der Waals surface area contributed by atoms with E-state index >= 15 is 0 Å². The van der Waals surface area contributed by atoms with Crippen LogP contribution in [0, 0.1) is 0 Å². The highest BCUT2D eigenvalue weighted by atomic mass is 16.2.